The number of ketones is 3. The number of para-hydroxylation sites is 3. The van der Waals surface area contributed by atoms with Crippen LogP contribution in [0.3, 0.4) is 0 Å². The highest BCUT2D eigenvalue weighted by molar-refractivity contribution is 6.39. The van der Waals surface area contributed by atoms with E-state index in [0.717, 1.165) is 60.9 Å². The van der Waals surface area contributed by atoms with Crippen molar-refractivity contribution in [3.05, 3.63) is 248 Å². The molecule has 0 unspecified atom stereocenters. The van der Waals surface area contributed by atoms with E-state index in [9.17, 15) is 19.2 Å². The third-order valence-electron chi connectivity index (χ3n) is 18.4. The van der Waals surface area contributed by atoms with E-state index in [-0.39, 0.29) is 54.5 Å². The minimum Gasteiger partial charge on any atom is -0.457 e. The number of hydrogen-bond acceptors (Lipinski definition) is 15. The molecule has 23 heteroatoms. The number of nitrogens with one attached hydrogen (secondary N) is 3. The number of amides is 1. The van der Waals surface area contributed by atoms with Crippen molar-refractivity contribution in [3.8, 4) is 34.5 Å². The van der Waals surface area contributed by atoms with Gasteiger partial charge < -0.3 is 44.5 Å². The van der Waals surface area contributed by atoms with E-state index in [1.165, 1.54) is 70.5 Å². The molecular weight excluding hydrogens is 1420 g/mol. The summed E-state index contributed by atoms with van der Waals surface area (Å²) in [6.07, 6.45) is 25.3. The molecule has 0 atom stereocenters. The number of benzene rings is 6. The predicted octanol–water partition coefficient (Wildman–Crippen LogP) is 21.4. The number of piperidine rings is 1. The van der Waals surface area contributed by atoms with Gasteiger partial charge in [-0.3, -0.25) is 14.4 Å². The molecule has 0 radical (unpaired) electrons. The maximum atomic E-state index is 13.5. The van der Waals surface area contributed by atoms with Gasteiger partial charge in [0.15, 0.2) is 17.3 Å². The van der Waals surface area contributed by atoms with Crippen LogP contribution in [0, 0.1) is 11.8 Å². The van der Waals surface area contributed by atoms with Gasteiger partial charge in [-0.25, -0.2) is 34.7 Å². The van der Waals surface area contributed by atoms with Crippen LogP contribution in [-0.4, -0.2) is 97.9 Å². The average molecular weight is 1510 g/mol. The SMILES string of the molecule is C.C.CC(C)(C)OC(=O)N1CCC(N)CC1.O=C(c1ccc(Oc2ccccc2)cc1Cl)c1c[nH]c2ncnc(CC3CCCCC3)c12.O=C(c1ccc(Oc2ccccc2)cc1Cl)c1c[nH]c2ncnc(CC3CCCCC3)c12.O=C(c1ccc(Oc2ccccc2)cc1Cl)c1c[nH]c2ncnc(Cl)c12. The number of carbonyl (C=O) groups is 4. The molecule has 550 valence electrons. The van der Waals surface area contributed by atoms with Crippen LogP contribution in [0.25, 0.3) is 33.1 Å². The first-order valence-electron chi connectivity index (χ1n) is 34.9. The molecule has 12 aromatic rings. The molecule has 15 rings (SSSR count). The molecule has 0 bridgehead atoms. The van der Waals surface area contributed by atoms with Crippen LogP contribution in [0.15, 0.2) is 183 Å². The molecule has 1 amide bonds. The summed E-state index contributed by atoms with van der Waals surface area (Å²) in [5, 5.41) is 3.28. The van der Waals surface area contributed by atoms with E-state index in [1.54, 1.807) is 90.7 Å². The number of fused-ring (bicyclic) bond motifs is 3. The van der Waals surface area contributed by atoms with E-state index in [1.807, 2.05) is 112 Å². The van der Waals surface area contributed by atoms with Gasteiger partial charge >= 0.3 is 6.09 Å². The number of halogens is 4. The van der Waals surface area contributed by atoms with E-state index in [0.29, 0.717) is 112 Å². The Hall–Kier alpha value is -10.0. The smallest absolute Gasteiger partial charge is 0.410 e. The van der Waals surface area contributed by atoms with Gasteiger partial charge in [0.2, 0.25) is 0 Å². The lowest BCUT2D eigenvalue weighted by molar-refractivity contribution is 0.0206. The second-order valence-corrected chi connectivity index (χ2v) is 28.5. The molecule has 2 aliphatic carbocycles. The van der Waals surface area contributed by atoms with E-state index in [2.05, 4.69) is 44.9 Å². The third kappa shape index (κ3) is 20.1. The van der Waals surface area contributed by atoms with Gasteiger partial charge in [0.1, 0.15) is 81.2 Å². The Balaban J connectivity index is 0.000000156. The minimum absolute atomic E-state index is 0. The Bertz CT molecular complexity index is 4760. The topological polar surface area (TPSA) is 259 Å². The summed E-state index contributed by atoms with van der Waals surface area (Å²) in [6.45, 7) is 7.06. The van der Waals surface area contributed by atoms with Crippen molar-refractivity contribution >= 4 is 103 Å². The Morgan fingerprint density at radius 2 is 0.774 bits per heavy atom. The quantitative estimate of drug-likeness (QED) is 0.0518. The molecule has 6 aromatic carbocycles. The Labute approximate surface area is 637 Å². The van der Waals surface area contributed by atoms with Crippen LogP contribution in [0.5, 0.6) is 34.5 Å². The molecule has 0 spiro atoms. The van der Waals surface area contributed by atoms with E-state index >= 15 is 0 Å². The number of nitrogens with two attached hydrogens (primary N) is 1. The number of nitrogens with zero attached hydrogens (tertiary/aromatic N) is 7. The molecule has 1 saturated heterocycles. The second-order valence-electron chi connectivity index (χ2n) is 27.0. The number of rotatable bonds is 16. The number of likely N-dealkylation sites (tertiary alicyclic amines) is 1. The molecule has 1 aliphatic heterocycles. The maximum absolute atomic E-state index is 13.5. The first kappa shape index (κ1) is 78.6. The normalized spacial score (nSPS) is 14.0. The van der Waals surface area contributed by atoms with Crippen LogP contribution in [0.1, 0.15) is 172 Å². The Morgan fingerprint density at radius 3 is 1.12 bits per heavy atom. The van der Waals surface area contributed by atoms with Crippen LogP contribution in [-0.2, 0) is 17.6 Å². The molecule has 2 saturated carbocycles. The molecule has 106 heavy (non-hydrogen) atoms. The van der Waals surface area contributed by atoms with E-state index in [4.69, 9.17) is 71.1 Å². The number of ether oxygens (including phenoxy) is 4. The number of hydrogen-bond donors (Lipinski definition) is 4. The highest BCUT2D eigenvalue weighted by Gasteiger charge is 2.28. The summed E-state index contributed by atoms with van der Waals surface area (Å²) < 4.78 is 22.7. The molecule has 7 heterocycles. The lowest BCUT2D eigenvalue weighted by Gasteiger charge is -2.32. The summed E-state index contributed by atoms with van der Waals surface area (Å²) in [6, 6.07) is 43.7. The first-order chi connectivity index (χ1) is 50.4. The lowest BCUT2D eigenvalue weighted by Crippen LogP contribution is -2.44. The van der Waals surface area contributed by atoms with Gasteiger partial charge in [-0.1, -0.05) is 180 Å². The van der Waals surface area contributed by atoms with Crippen molar-refractivity contribution in [2.75, 3.05) is 13.1 Å². The number of H-pyrrole nitrogens is 3. The Morgan fingerprint density at radius 1 is 0.434 bits per heavy atom. The average Bonchev–Trinajstić information content (AvgIpc) is 1.62. The number of aromatic amines is 3. The van der Waals surface area contributed by atoms with Crippen LogP contribution < -0.4 is 19.9 Å². The van der Waals surface area contributed by atoms with Crippen molar-refractivity contribution in [1.29, 1.82) is 0 Å². The van der Waals surface area contributed by atoms with Gasteiger partial charge in [0.25, 0.3) is 0 Å². The summed E-state index contributed by atoms with van der Waals surface area (Å²) in [7, 11) is 0. The minimum atomic E-state index is -0.406. The van der Waals surface area contributed by atoms with Crippen molar-refractivity contribution in [2.24, 2.45) is 17.6 Å². The highest BCUT2D eigenvalue weighted by Crippen LogP contribution is 2.37. The highest BCUT2D eigenvalue weighted by atomic mass is 35.5. The molecule has 5 N–H and O–H groups in total. The molecule has 3 fully saturated rings. The second kappa shape index (κ2) is 36.8. The molecule has 3 aliphatic rings. The van der Waals surface area contributed by atoms with Crippen molar-refractivity contribution < 1.29 is 38.1 Å². The fraction of sp³-hybridized carbons (Fsp3) is 0.301. The summed E-state index contributed by atoms with van der Waals surface area (Å²) in [5.74, 6) is 4.46. The van der Waals surface area contributed by atoms with Gasteiger partial charge in [0.05, 0.1) is 59.3 Å². The molecular formula is C83H87Cl4N11O8. The zero-order valence-electron chi connectivity index (χ0n) is 57.9. The standard InChI is InChI=1S/2C26H24ClN3O2.C19H11Cl2N3O2.C10H20N2O2.2CH4/c2*27-22-14-19(32-18-9-5-2-6-10-18)11-12-20(22)25(31)21-15-28-26-24(21)23(29-16-30-26)13-17-7-3-1-4-8-17;20-15-8-12(26-11-4-2-1-3-5-11)6-7-13(15)17(25)14-9-22-19-16(14)18(21)23-10-24-19;1-10(2,3)14-9(13)12-6-4-8(11)5-7-12;;/h2*2,5-6,9-12,14-17H,1,3-4,7-8,13H2,(H,28,29,30);1-10H,(H,22,23,24);8H,4-7,11H2,1-3H3;2*1H4. The molecule has 19 nitrogen and oxygen atoms in total. The number of aromatic nitrogens is 9. The molecule has 6 aromatic heterocycles. The summed E-state index contributed by atoms with van der Waals surface area (Å²) in [4.78, 5) is 88.1. The zero-order chi connectivity index (χ0) is 72.7. The predicted molar refractivity (Wildman–Crippen MR) is 420 cm³/mol. The van der Waals surface area contributed by atoms with Gasteiger partial charge in [-0.15, -0.1) is 0 Å². The monoisotopic (exact) mass is 1510 g/mol. The first-order valence-corrected chi connectivity index (χ1v) is 36.4. The Kier molecular flexibility index (Phi) is 27.3. The third-order valence-corrected chi connectivity index (χ3v) is 19.6. The van der Waals surface area contributed by atoms with Crippen molar-refractivity contribution in [1.82, 2.24) is 49.8 Å². The van der Waals surface area contributed by atoms with Crippen molar-refractivity contribution in [3.63, 3.8) is 0 Å². The summed E-state index contributed by atoms with van der Waals surface area (Å²) >= 11 is 25.5. The van der Waals surface area contributed by atoms with Crippen LogP contribution >= 0.6 is 46.4 Å². The summed E-state index contributed by atoms with van der Waals surface area (Å²) in [5.41, 5.74) is 11.8. The lowest BCUT2D eigenvalue weighted by atomic mass is 9.85. The maximum Gasteiger partial charge on any atom is 0.410 e. The largest absolute Gasteiger partial charge is 0.457 e. The fourth-order valence-corrected chi connectivity index (χ4v) is 14.1. The zero-order valence-corrected chi connectivity index (χ0v) is 60.9. The van der Waals surface area contributed by atoms with Crippen molar-refractivity contribution in [2.45, 2.75) is 137 Å². The fourth-order valence-electron chi connectivity index (χ4n) is 13.1. The van der Waals surface area contributed by atoms with Gasteiger partial charge in [-0.05, 0) is 131 Å². The number of carbonyl (C=O) groups excluding carboxylic acids is 4. The van der Waals surface area contributed by atoms with Crippen LogP contribution in [0.4, 0.5) is 4.79 Å². The van der Waals surface area contributed by atoms with Gasteiger partial charge in [0, 0.05) is 72.6 Å². The van der Waals surface area contributed by atoms with Crippen LogP contribution in [0.2, 0.25) is 20.2 Å². The van der Waals surface area contributed by atoms with E-state index < -0.39 is 5.60 Å². The van der Waals surface area contributed by atoms with Gasteiger partial charge in [-0.2, -0.15) is 0 Å².